The molecule has 2 aromatic heterocycles. The van der Waals surface area contributed by atoms with Crippen molar-refractivity contribution in [3.05, 3.63) is 96.2 Å². The molecule has 0 unspecified atom stereocenters. The number of ether oxygens (including phenoxy) is 1. The number of rotatable bonds is 10. The van der Waals surface area contributed by atoms with Crippen molar-refractivity contribution in [2.75, 3.05) is 25.1 Å². The van der Waals surface area contributed by atoms with Crippen LogP contribution in [0.15, 0.2) is 79.3 Å². The third kappa shape index (κ3) is 5.64. The van der Waals surface area contributed by atoms with Gasteiger partial charge in [0, 0.05) is 43.4 Å². The lowest BCUT2D eigenvalue weighted by Gasteiger charge is -2.12. The fraction of sp³-hybridized carbons (Fsp3) is 0.192. The maximum Gasteiger partial charge on any atom is 0.261 e. The van der Waals surface area contributed by atoms with Crippen molar-refractivity contribution >= 4 is 17.5 Å². The lowest BCUT2D eigenvalue weighted by molar-refractivity contribution is 0.0943. The van der Waals surface area contributed by atoms with Crippen molar-refractivity contribution in [2.24, 2.45) is 0 Å². The number of amides is 2. The number of hydrogen-bond acceptors (Lipinski definition) is 4. The van der Waals surface area contributed by atoms with E-state index in [1.54, 1.807) is 71.6 Å². The lowest BCUT2D eigenvalue weighted by Crippen LogP contribution is -2.25. The first kappa shape index (κ1) is 23.9. The Morgan fingerprint density at radius 2 is 1.83 bits per heavy atom. The minimum Gasteiger partial charge on any atom is -0.382 e. The number of carbonyl (C=O) groups is 2. The predicted octanol–water partition coefficient (Wildman–Crippen LogP) is 4.21. The van der Waals surface area contributed by atoms with E-state index >= 15 is 0 Å². The number of para-hydroxylation sites is 1. The molecule has 2 aromatic carbocycles. The van der Waals surface area contributed by atoms with Crippen molar-refractivity contribution < 1.29 is 18.7 Å². The average Bonchev–Trinajstić information content (AvgIpc) is 3.54. The van der Waals surface area contributed by atoms with Gasteiger partial charge in [-0.2, -0.15) is 5.10 Å². The van der Waals surface area contributed by atoms with Gasteiger partial charge in [0.1, 0.15) is 17.1 Å². The van der Waals surface area contributed by atoms with Gasteiger partial charge in [-0.15, -0.1) is 0 Å². The first-order chi connectivity index (χ1) is 17.1. The van der Waals surface area contributed by atoms with Crippen LogP contribution in [0, 0.1) is 5.82 Å². The maximum absolute atomic E-state index is 14.5. The molecular formula is C26H26FN5O3. The second-order valence-electron chi connectivity index (χ2n) is 7.68. The molecule has 0 aliphatic carbocycles. The molecule has 2 amide bonds. The Kier molecular flexibility index (Phi) is 7.69. The first-order valence-corrected chi connectivity index (χ1v) is 11.3. The van der Waals surface area contributed by atoms with Crippen LogP contribution in [0.25, 0.3) is 11.5 Å². The van der Waals surface area contributed by atoms with Crippen LogP contribution in [0.5, 0.6) is 0 Å². The van der Waals surface area contributed by atoms with Gasteiger partial charge in [-0.05, 0) is 55.8 Å². The predicted molar refractivity (Wildman–Crippen MR) is 131 cm³/mol. The molecule has 0 aliphatic rings. The fourth-order valence-electron chi connectivity index (χ4n) is 3.59. The minimum absolute atomic E-state index is 0.221. The molecule has 35 heavy (non-hydrogen) atoms. The van der Waals surface area contributed by atoms with Gasteiger partial charge in [0.05, 0.1) is 6.20 Å². The zero-order valence-corrected chi connectivity index (χ0v) is 19.3. The zero-order valence-electron chi connectivity index (χ0n) is 19.3. The third-order valence-corrected chi connectivity index (χ3v) is 5.26. The molecule has 0 atom stereocenters. The minimum atomic E-state index is -0.462. The van der Waals surface area contributed by atoms with E-state index in [0.717, 1.165) is 0 Å². The molecule has 0 saturated carbocycles. The van der Waals surface area contributed by atoms with Gasteiger partial charge >= 0.3 is 0 Å². The van der Waals surface area contributed by atoms with Crippen LogP contribution in [0.2, 0.25) is 0 Å². The van der Waals surface area contributed by atoms with Crippen LogP contribution in [-0.4, -0.2) is 45.9 Å². The summed E-state index contributed by atoms with van der Waals surface area (Å²) in [5.41, 5.74) is 1.34. The second kappa shape index (κ2) is 11.3. The van der Waals surface area contributed by atoms with Crippen molar-refractivity contribution in [3.63, 3.8) is 0 Å². The molecule has 0 saturated heterocycles. The highest BCUT2D eigenvalue weighted by molar-refractivity contribution is 6.07. The van der Waals surface area contributed by atoms with Crippen LogP contribution < -0.4 is 10.6 Å². The summed E-state index contributed by atoms with van der Waals surface area (Å²) in [5, 5.41) is 9.95. The highest BCUT2D eigenvalue weighted by Crippen LogP contribution is 2.23. The summed E-state index contributed by atoms with van der Waals surface area (Å²) in [6, 6.07) is 16.5. The van der Waals surface area contributed by atoms with Crippen molar-refractivity contribution in [3.8, 4) is 11.5 Å². The second-order valence-corrected chi connectivity index (χ2v) is 7.68. The Morgan fingerprint density at radius 1 is 1.03 bits per heavy atom. The molecule has 8 nitrogen and oxygen atoms in total. The van der Waals surface area contributed by atoms with Crippen molar-refractivity contribution in [2.45, 2.75) is 13.3 Å². The van der Waals surface area contributed by atoms with Gasteiger partial charge in [0.15, 0.2) is 5.82 Å². The van der Waals surface area contributed by atoms with E-state index in [-0.39, 0.29) is 17.2 Å². The molecule has 2 heterocycles. The van der Waals surface area contributed by atoms with Crippen molar-refractivity contribution in [1.29, 1.82) is 0 Å². The summed E-state index contributed by atoms with van der Waals surface area (Å²) >= 11 is 0. The number of carbonyl (C=O) groups excluding carboxylic acids is 2. The molecule has 0 radical (unpaired) electrons. The van der Waals surface area contributed by atoms with Gasteiger partial charge in [0.25, 0.3) is 11.8 Å². The summed E-state index contributed by atoms with van der Waals surface area (Å²) in [5.74, 6) is -0.750. The quantitative estimate of drug-likeness (QED) is 0.336. The molecule has 180 valence electrons. The van der Waals surface area contributed by atoms with Crippen LogP contribution in [0.1, 0.15) is 34.1 Å². The van der Waals surface area contributed by atoms with Crippen molar-refractivity contribution in [1.82, 2.24) is 19.7 Å². The van der Waals surface area contributed by atoms with E-state index in [4.69, 9.17) is 4.74 Å². The monoisotopic (exact) mass is 475 g/mol. The molecule has 0 fully saturated rings. The van der Waals surface area contributed by atoms with Gasteiger partial charge < -0.3 is 19.9 Å². The van der Waals surface area contributed by atoms with E-state index < -0.39 is 11.7 Å². The average molecular weight is 476 g/mol. The highest BCUT2D eigenvalue weighted by atomic mass is 19.1. The van der Waals surface area contributed by atoms with Crippen LogP contribution in [0.3, 0.4) is 0 Å². The molecule has 0 spiro atoms. The molecule has 4 rings (SSSR count). The van der Waals surface area contributed by atoms with E-state index in [2.05, 4.69) is 15.7 Å². The lowest BCUT2D eigenvalue weighted by atomic mass is 10.1. The molecule has 2 N–H and O–H groups in total. The van der Waals surface area contributed by atoms with E-state index in [9.17, 15) is 14.0 Å². The van der Waals surface area contributed by atoms with Gasteiger partial charge in [0.2, 0.25) is 0 Å². The number of halogens is 1. The third-order valence-electron chi connectivity index (χ3n) is 5.26. The summed E-state index contributed by atoms with van der Waals surface area (Å²) in [6.45, 7) is 3.63. The SMILES string of the molecule is CCOCCCNC(=O)c1cccc(NC(=O)c2cnn(-c3ccccc3F)c2-n2cccc2)c1. The van der Waals surface area contributed by atoms with Crippen LogP contribution in [-0.2, 0) is 4.74 Å². The summed E-state index contributed by atoms with van der Waals surface area (Å²) in [4.78, 5) is 25.7. The smallest absolute Gasteiger partial charge is 0.261 e. The maximum atomic E-state index is 14.5. The normalized spacial score (nSPS) is 10.8. The van der Waals surface area contributed by atoms with Crippen LogP contribution in [0.4, 0.5) is 10.1 Å². The number of benzene rings is 2. The number of nitrogens with one attached hydrogen (secondary N) is 2. The number of nitrogens with zero attached hydrogens (tertiary/aromatic N) is 3. The Morgan fingerprint density at radius 3 is 2.60 bits per heavy atom. The first-order valence-electron chi connectivity index (χ1n) is 11.3. The zero-order chi connectivity index (χ0) is 24.6. The number of hydrogen-bond donors (Lipinski definition) is 2. The number of anilines is 1. The largest absolute Gasteiger partial charge is 0.382 e. The Bertz CT molecular complexity index is 1300. The molecular weight excluding hydrogens is 449 g/mol. The Labute approximate surface area is 202 Å². The van der Waals surface area contributed by atoms with Gasteiger partial charge in [-0.1, -0.05) is 18.2 Å². The number of aromatic nitrogens is 3. The molecule has 4 aromatic rings. The topological polar surface area (TPSA) is 90.2 Å². The van der Waals surface area contributed by atoms with Gasteiger partial charge in [-0.25, -0.2) is 9.07 Å². The van der Waals surface area contributed by atoms with E-state index in [1.165, 1.54) is 16.9 Å². The molecule has 0 bridgehead atoms. The fourth-order valence-corrected chi connectivity index (χ4v) is 3.59. The summed E-state index contributed by atoms with van der Waals surface area (Å²) in [7, 11) is 0. The summed E-state index contributed by atoms with van der Waals surface area (Å²) in [6.07, 6.45) is 5.61. The molecule has 0 aliphatic heterocycles. The Balaban J connectivity index is 1.55. The van der Waals surface area contributed by atoms with Crippen LogP contribution >= 0.6 is 0 Å². The molecule has 9 heteroatoms. The van der Waals surface area contributed by atoms with Gasteiger partial charge in [-0.3, -0.25) is 9.59 Å². The summed E-state index contributed by atoms with van der Waals surface area (Å²) < 4.78 is 22.9. The van der Waals surface area contributed by atoms with E-state index in [1.807, 2.05) is 6.92 Å². The highest BCUT2D eigenvalue weighted by Gasteiger charge is 2.21. The standard InChI is InChI=1S/C26H26FN5O3/c1-2-35-16-8-13-28-24(33)19-9-7-10-20(17-19)30-25(34)21-18-29-32(23-12-4-3-11-22(23)27)26(21)31-14-5-6-15-31/h3-7,9-12,14-15,17-18H,2,8,13,16H2,1H3,(H,28,33)(H,30,34). The Hall–Kier alpha value is -4.24. The van der Waals surface area contributed by atoms with E-state index in [0.29, 0.717) is 43.2 Å².